The van der Waals surface area contributed by atoms with Crippen LogP contribution in [0.5, 0.6) is 0 Å². The zero-order valence-corrected chi connectivity index (χ0v) is 15.6. The summed E-state index contributed by atoms with van der Waals surface area (Å²) >= 11 is 2.46. The van der Waals surface area contributed by atoms with Crippen molar-refractivity contribution in [1.82, 2.24) is 10.2 Å². The van der Waals surface area contributed by atoms with Gasteiger partial charge < -0.3 is 9.73 Å². The van der Waals surface area contributed by atoms with E-state index in [1.807, 2.05) is 30.5 Å². The fourth-order valence-corrected chi connectivity index (χ4v) is 3.53. The molecule has 8 heteroatoms. The van der Waals surface area contributed by atoms with Crippen molar-refractivity contribution in [2.45, 2.75) is 11.4 Å². The molecular weight excluding hydrogens is 372 g/mol. The minimum Gasteiger partial charge on any atom is -0.467 e. The number of rotatable bonds is 6. The van der Waals surface area contributed by atoms with Crippen LogP contribution in [0.25, 0.3) is 6.08 Å². The molecule has 3 amide bonds. The highest BCUT2D eigenvalue weighted by Crippen LogP contribution is 2.32. The molecule has 0 unspecified atom stereocenters. The molecule has 1 aromatic carbocycles. The van der Waals surface area contributed by atoms with E-state index < -0.39 is 17.1 Å². The SMILES string of the molecule is CSc1ccc(/C=C2\SC(=O)N(CC(=O)NCc3ccco3)C2=O)cc1. The van der Waals surface area contributed by atoms with Gasteiger partial charge in [0.1, 0.15) is 12.3 Å². The Bertz CT molecular complexity index is 845. The number of furan rings is 1. The molecule has 134 valence electrons. The number of hydrogen-bond donors (Lipinski definition) is 1. The zero-order chi connectivity index (χ0) is 18.5. The van der Waals surface area contributed by atoms with Crippen LogP contribution < -0.4 is 5.32 Å². The van der Waals surface area contributed by atoms with Gasteiger partial charge in [0.2, 0.25) is 5.91 Å². The van der Waals surface area contributed by atoms with Gasteiger partial charge in [-0.1, -0.05) is 12.1 Å². The second-order valence-electron chi connectivity index (χ2n) is 5.40. The maximum atomic E-state index is 12.4. The number of benzene rings is 1. The number of hydrogen-bond acceptors (Lipinski definition) is 6. The topological polar surface area (TPSA) is 79.6 Å². The van der Waals surface area contributed by atoms with E-state index in [1.54, 1.807) is 30.0 Å². The fourth-order valence-electron chi connectivity index (χ4n) is 2.29. The van der Waals surface area contributed by atoms with Gasteiger partial charge in [-0.05, 0) is 53.9 Å². The normalized spacial score (nSPS) is 15.7. The average Bonchev–Trinajstić information content (AvgIpc) is 3.25. The Morgan fingerprint density at radius 3 is 2.69 bits per heavy atom. The second kappa shape index (κ2) is 8.29. The van der Waals surface area contributed by atoms with E-state index in [9.17, 15) is 14.4 Å². The van der Waals surface area contributed by atoms with Crippen LogP contribution in [0.1, 0.15) is 11.3 Å². The monoisotopic (exact) mass is 388 g/mol. The molecular formula is C18H16N2O4S2. The smallest absolute Gasteiger partial charge is 0.294 e. The van der Waals surface area contributed by atoms with Crippen LogP contribution in [0.2, 0.25) is 0 Å². The lowest BCUT2D eigenvalue weighted by molar-refractivity contribution is -0.129. The number of carbonyl (C=O) groups excluding carboxylic acids is 3. The highest BCUT2D eigenvalue weighted by Gasteiger charge is 2.36. The van der Waals surface area contributed by atoms with Crippen molar-refractivity contribution in [1.29, 1.82) is 0 Å². The molecule has 0 radical (unpaired) electrons. The Kier molecular flexibility index (Phi) is 5.85. The lowest BCUT2D eigenvalue weighted by Gasteiger charge is -2.11. The van der Waals surface area contributed by atoms with Gasteiger partial charge in [0.15, 0.2) is 0 Å². The predicted molar refractivity (Wildman–Crippen MR) is 101 cm³/mol. The summed E-state index contributed by atoms with van der Waals surface area (Å²) in [4.78, 5) is 38.9. The molecule has 6 nitrogen and oxygen atoms in total. The van der Waals surface area contributed by atoms with E-state index in [4.69, 9.17) is 4.42 Å². The maximum absolute atomic E-state index is 12.4. The van der Waals surface area contributed by atoms with Crippen LogP contribution in [-0.2, 0) is 16.1 Å². The molecule has 0 spiro atoms. The van der Waals surface area contributed by atoms with Gasteiger partial charge >= 0.3 is 0 Å². The molecule has 1 saturated heterocycles. The molecule has 2 aromatic rings. The Balaban J connectivity index is 1.62. The first kappa shape index (κ1) is 18.3. The molecule has 1 fully saturated rings. The van der Waals surface area contributed by atoms with Gasteiger partial charge in [-0.15, -0.1) is 11.8 Å². The van der Waals surface area contributed by atoms with Crippen LogP contribution in [0, 0.1) is 0 Å². The van der Waals surface area contributed by atoms with E-state index >= 15 is 0 Å². The summed E-state index contributed by atoms with van der Waals surface area (Å²) in [5, 5.41) is 2.17. The van der Waals surface area contributed by atoms with Crippen LogP contribution in [0.3, 0.4) is 0 Å². The summed E-state index contributed by atoms with van der Waals surface area (Å²) in [5.41, 5.74) is 0.829. The Hall–Kier alpha value is -2.45. The summed E-state index contributed by atoms with van der Waals surface area (Å²) in [7, 11) is 0. The minimum atomic E-state index is -0.456. The van der Waals surface area contributed by atoms with Crippen LogP contribution in [0.4, 0.5) is 4.79 Å². The van der Waals surface area contributed by atoms with Crippen molar-refractivity contribution in [3.05, 3.63) is 58.9 Å². The highest BCUT2D eigenvalue weighted by molar-refractivity contribution is 8.18. The Morgan fingerprint density at radius 2 is 2.04 bits per heavy atom. The van der Waals surface area contributed by atoms with Crippen molar-refractivity contribution in [2.24, 2.45) is 0 Å². The lowest BCUT2D eigenvalue weighted by Crippen LogP contribution is -2.39. The van der Waals surface area contributed by atoms with Crippen LogP contribution >= 0.6 is 23.5 Å². The van der Waals surface area contributed by atoms with Crippen molar-refractivity contribution >= 4 is 46.7 Å². The minimum absolute atomic E-state index is 0.208. The molecule has 26 heavy (non-hydrogen) atoms. The van der Waals surface area contributed by atoms with Crippen molar-refractivity contribution in [2.75, 3.05) is 12.8 Å². The van der Waals surface area contributed by atoms with Crippen LogP contribution in [0.15, 0.2) is 56.9 Å². The maximum Gasteiger partial charge on any atom is 0.294 e. The summed E-state index contributed by atoms with van der Waals surface area (Å²) in [5.74, 6) is -0.280. The van der Waals surface area contributed by atoms with Gasteiger partial charge in [0.25, 0.3) is 11.1 Å². The number of imide groups is 1. The zero-order valence-electron chi connectivity index (χ0n) is 13.9. The largest absolute Gasteiger partial charge is 0.467 e. The number of nitrogens with zero attached hydrogens (tertiary/aromatic N) is 1. The molecule has 0 bridgehead atoms. The summed E-state index contributed by atoms with van der Waals surface area (Å²) < 4.78 is 5.12. The van der Waals surface area contributed by atoms with Crippen LogP contribution in [-0.4, -0.2) is 34.8 Å². The number of thioether (sulfide) groups is 2. The number of carbonyl (C=O) groups is 3. The number of nitrogens with one attached hydrogen (secondary N) is 1. The molecule has 0 aliphatic carbocycles. The standard InChI is InChI=1S/C18H16N2O4S2/c1-25-14-6-4-12(5-7-14)9-15-17(22)20(18(23)26-15)11-16(21)19-10-13-3-2-8-24-13/h2-9H,10-11H2,1H3,(H,19,21)/b15-9-. The summed E-state index contributed by atoms with van der Waals surface area (Å²) in [6, 6.07) is 11.1. The molecule has 2 heterocycles. The number of amides is 3. The third-order valence-corrected chi connectivity index (χ3v) is 5.28. The summed E-state index contributed by atoms with van der Waals surface area (Å²) in [6.45, 7) is -0.103. The fraction of sp³-hybridized carbons (Fsp3) is 0.167. The van der Waals surface area contributed by atoms with Gasteiger partial charge in [0.05, 0.1) is 17.7 Å². The molecule has 1 aliphatic rings. The molecule has 0 saturated carbocycles. The first-order valence-electron chi connectivity index (χ1n) is 7.75. The van der Waals surface area contributed by atoms with Crippen molar-refractivity contribution in [3.8, 4) is 0 Å². The second-order valence-corrected chi connectivity index (χ2v) is 7.27. The van der Waals surface area contributed by atoms with E-state index in [1.165, 1.54) is 6.26 Å². The molecule has 1 aromatic heterocycles. The average molecular weight is 388 g/mol. The van der Waals surface area contributed by atoms with E-state index in [0.29, 0.717) is 10.7 Å². The van der Waals surface area contributed by atoms with Gasteiger partial charge in [-0.25, -0.2) is 0 Å². The van der Waals surface area contributed by atoms with Gasteiger partial charge in [-0.3, -0.25) is 19.3 Å². The van der Waals surface area contributed by atoms with E-state index in [-0.39, 0.29) is 13.1 Å². The molecule has 1 aliphatic heterocycles. The van der Waals surface area contributed by atoms with Gasteiger partial charge in [0, 0.05) is 4.90 Å². The van der Waals surface area contributed by atoms with E-state index in [0.717, 1.165) is 27.1 Å². The van der Waals surface area contributed by atoms with Gasteiger partial charge in [-0.2, -0.15) is 0 Å². The third-order valence-electron chi connectivity index (χ3n) is 3.63. The first-order valence-corrected chi connectivity index (χ1v) is 9.79. The van der Waals surface area contributed by atoms with E-state index in [2.05, 4.69) is 5.32 Å². The molecule has 3 rings (SSSR count). The Labute approximate surface area is 159 Å². The molecule has 0 atom stereocenters. The quantitative estimate of drug-likeness (QED) is 0.604. The first-order chi connectivity index (χ1) is 12.6. The lowest BCUT2D eigenvalue weighted by atomic mass is 10.2. The Morgan fingerprint density at radius 1 is 1.27 bits per heavy atom. The predicted octanol–water partition coefficient (Wildman–Crippen LogP) is 3.35. The third kappa shape index (κ3) is 4.39. The highest BCUT2D eigenvalue weighted by atomic mass is 32.2. The molecule has 1 N–H and O–H groups in total. The van der Waals surface area contributed by atoms with Crippen molar-refractivity contribution in [3.63, 3.8) is 0 Å². The van der Waals surface area contributed by atoms with Crippen molar-refractivity contribution < 1.29 is 18.8 Å². The summed E-state index contributed by atoms with van der Waals surface area (Å²) in [6.07, 6.45) is 5.15.